The van der Waals surface area contributed by atoms with Crippen LogP contribution in [0.4, 0.5) is 0 Å². The molecule has 0 spiro atoms. The Bertz CT molecular complexity index is 1130. The smallest absolute Gasteiger partial charge is 0.291 e. The molecule has 5 nitrogen and oxygen atoms in total. The molecule has 2 atom stereocenters. The molecule has 1 amide bonds. The van der Waals surface area contributed by atoms with Crippen LogP contribution in [0.5, 0.6) is 0 Å². The molecule has 6 heteroatoms. The molecule has 2 aromatic carbocycles. The fourth-order valence-electron chi connectivity index (χ4n) is 4.19. The summed E-state index contributed by atoms with van der Waals surface area (Å²) in [6, 6.07) is 14.3. The molecular formula is C22H18BrNO4. The average molecular weight is 440 g/mol. The highest BCUT2D eigenvalue weighted by molar-refractivity contribution is 9.10. The Morgan fingerprint density at radius 3 is 2.75 bits per heavy atom. The largest absolute Gasteiger partial charge is 0.450 e. The summed E-state index contributed by atoms with van der Waals surface area (Å²) in [5.41, 5.74) is 1.58. The molecule has 1 saturated heterocycles. The van der Waals surface area contributed by atoms with Gasteiger partial charge in [-0.05, 0) is 42.7 Å². The van der Waals surface area contributed by atoms with E-state index in [-0.39, 0.29) is 23.2 Å². The summed E-state index contributed by atoms with van der Waals surface area (Å²) < 4.78 is 12.6. The molecule has 1 aromatic heterocycles. The molecule has 142 valence electrons. The fourth-order valence-corrected chi connectivity index (χ4v) is 4.60. The normalized spacial score (nSPS) is 21.5. The molecule has 3 heterocycles. The highest BCUT2D eigenvalue weighted by Crippen LogP contribution is 2.39. The number of nitrogens with zero attached hydrogens (tertiary/aromatic N) is 1. The van der Waals surface area contributed by atoms with Gasteiger partial charge in [-0.15, -0.1) is 0 Å². The van der Waals surface area contributed by atoms with E-state index in [1.165, 1.54) is 0 Å². The summed E-state index contributed by atoms with van der Waals surface area (Å²) in [5.74, 6) is -0.106. The van der Waals surface area contributed by atoms with Crippen molar-refractivity contribution in [3.63, 3.8) is 0 Å². The first-order valence-electron chi connectivity index (χ1n) is 9.37. The van der Waals surface area contributed by atoms with Crippen molar-refractivity contribution in [1.29, 1.82) is 0 Å². The number of hydrogen-bond acceptors (Lipinski definition) is 4. The molecule has 5 rings (SSSR count). The number of amides is 1. The van der Waals surface area contributed by atoms with E-state index < -0.39 is 6.04 Å². The third kappa shape index (κ3) is 2.79. The minimum atomic E-state index is -0.481. The van der Waals surface area contributed by atoms with Crippen LogP contribution in [0.25, 0.3) is 11.0 Å². The maximum Gasteiger partial charge on any atom is 0.291 e. The number of carbonyl (C=O) groups is 1. The molecule has 2 aliphatic rings. The van der Waals surface area contributed by atoms with Crippen LogP contribution >= 0.6 is 15.9 Å². The molecule has 3 aromatic rings. The summed E-state index contributed by atoms with van der Waals surface area (Å²) in [5, 5.41) is 0.494. The SMILES string of the molecule is O=C1c2oc3ccccc3c(=O)c2[C@H](c2cccc(Br)c2)N1C[C@H]1CCCO1. The zero-order valence-corrected chi connectivity index (χ0v) is 16.6. The monoisotopic (exact) mass is 439 g/mol. The van der Waals surface area contributed by atoms with Crippen molar-refractivity contribution < 1.29 is 13.9 Å². The first-order chi connectivity index (χ1) is 13.6. The van der Waals surface area contributed by atoms with Crippen molar-refractivity contribution in [2.45, 2.75) is 25.0 Å². The number of hydrogen-bond donors (Lipinski definition) is 0. The van der Waals surface area contributed by atoms with Crippen molar-refractivity contribution >= 4 is 32.8 Å². The highest BCUT2D eigenvalue weighted by Gasteiger charge is 2.43. The van der Waals surface area contributed by atoms with Crippen molar-refractivity contribution in [3.8, 4) is 0 Å². The number of para-hydroxylation sites is 1. The van der Waals surface area contributed by atoms with Crippen molar-refractivity contribution in [2.24, 2.45) is 0 Å². The fraction of sp³-hybridized carbons (Fsp3) is 0.273. The maximum atomic E-state index is 13.3. The van der Waals surface area contributed by atoms with Gasteiger partial charge in [0.15, 0.2) is 5.43 Å². The topological polar surface area (TPSA) is 59.8 Å². The van der Waals surface area contributed by atoms with Crippen LogP contribution in [-0.4, -0.2) is 30.1 Å². The number of rotatable bonds is 3. The summed E-state index contributed by atoms with van der Waals surface area (Å²) in [6.45, 7) is 1.15. The Hall–Kier alpha value is -2.44. The molecule has 2 aliphatic heterocycles. The third-order valence-electron chi connectivity index (χ3n) is 5.46. The Labute approximate surface area is 170 Å². The number of ether oxygens (including phenoxy) is 1. The lowest BCUT2D eigenvalue weighted by Gasteiger charge is -2.27. The van der Waals surface area contributed by atoms with Crippen LogP contribution in [0.15, 0.2) is 62.2 Å². The first-order valence-corrected chi connectivity index (χ1v) is 10.2. The highest BCUT2D eigenvalue weighted by atomic mass is 79.9. The van der Waals surface area contributed by atoms with Gasteiger partial charge in [-0.1, -0.05) is 40.2 Å². The third-order valence-corrected chi connectivity index (χ3v) is 5.96. The zero-order valence-electron chi connectivity index (χ0n) is 15.1. The van der Waals surface area contributed by atoms with Gasteiger partial charge >= 0.3 is 0 Å². The predicted octanol–water partition coefficient (Wildman–Crippen LogP) is 4.28. The van der Waals surface area contributed by atoms with Gasteiger partial charge < -0.3 is 14.1 Å². The number of carbonyl (C=O) groups excluding carboxylic acids is 1. The van der Waals surface area contributed by atoms with Gasteiger partial charge in [0.2, 0.25) is 5.76 Å². The van der Waals surface area contributed by atoms with E-state index in [1.54, 1.807) is 29.2 Å². The lowest BCUT2D eigenvalue weighted by Crippen LogP contribution is -2.36. The standard InChI is InChI=1S/C22H18BrNO4/c23-14-6-3-5-13(11-14)19-18-20(25)16-8-1-2-9-17(16)28-21(18)22(26)24(19)12-15-7-4-10-27-15/h1-3,5-6,8-9,11,15,19H,4,7,10,12H2/t15-,19+/m1/s1. The molecule has 28 heavy (non-hydrogen) atoms. The average Bonchev–Trinajstić information content (AvgIpc) is 3.30. The van der Waals surface area contributed by atoms with E-state index in [0.717, 1.165) is 22.9 Å². The summed E-state index contributed by atoms with van der Waals surface area (Å²) in [7, 11) is 0. The van der Waals surface area contributed by atoms with Crippen LogP contribution in [0, 0.1) is 0 Å². The Morgan fingerprint density at radius 1 is 1.11 bits per heavy atom. The second-order valence-electron chi connectivity index (χ2n) is 7.22. The molecule has 0 aliphatic carbocycles. The van der Waals surface area contributed by atoms with E-state index in [0.29, 0.717) is 29.7 Å². The molecular weight excluding hydrogens is 422 g/mol. The van der Waals surface area contributed by atoms with Crippen LogP contribution < -0.4 is 5.43 Å². The second-order valence-corrected chi connectivity index (χ2v) is 8.14. The molecule has 0 N–H and O–H groups in total. The number of benzene rings is 2. The summed E-state index contributed by atoms with van der Waals surface area (Å²) in [4.78, 5) is 28.3. The van der Waals surface area contributed by atoms with Gasteiger partial charge in [0.1, 0.15) is 5.58 Å². The van der Waals surface area contributed by atoms with E-state index >= 15 is 0 Å². The Morgan fingerprint density at radius 2 is 1.96 bits per heavy atom. The van der Waals surface area contributed by atoms with E-state index in [2.05, 4.69) is 15.9 Å². The molecule has 1 fully saturated rings. The van der Waals surface area contributed by atoms with Gasteiger partial charge in [-0.2, -0.15) is 0 Å². The van der Waals surface area contributed by atoms with Crippen LogP contribution in [0.2, 0.25) is 0 Å². The lowest BCUT2D eigenvalue weighted by molar-refractivity contribution is 0.0486. The Kier molecular flexibility index (Phi) is 4.33. The van der Waals surface area contributed by atoms with Crippen LogP contribution in [0.3, 0.4) is 0 Å². The molecule has 0 bridgehead atoms. The quantitative estimate of drug-likeness (QED) is 0.610. The summed E-state index contributed by atoms with van der Waals surface area (Å²) in [6.07, 6.45) is 1.88. The van der Waals surface area contributed by atoms with Gasteiger partial charge in [-0.3, -0.25) is 9.59 Å². The number of fused-ring (bicyclic) bond motifs is 2. The van der Waals surface area contributed by atoms with Crippen LogP contribution in [-0.2, 0) is 4.74 Å². The Balaban J connectivity index is 1.71. The van der Waals surface area contributed by atoms with Crippen molar-refractivity contribution in [1.82, 2.24) is 4.90 Å². The predicted molar refractivity (Wildman–Crippen MR) is 108 cm³/mol. The summed E-state index contributed by atoms with van der Waals surface area (Å²) >= 11 is 3.50. The van der Waals surface area contributed by atoms with Gasteiger partial charge in [-0.25, -0.2) is 0 Å². The van der Waals surface area contributed by atoms with Crippen molar-refractivity contribution in [3.05, 3.63) is 80.1 Å². The minimum absolute atomic E-state index is 0.0163. The van der Waals surface area contributed by atoms with Gasteiger partial charge in [0.05, 0.1) is 23.1 Å². The maximum absolute atomic E-state index is 13.3. The minimum Gasteiger partial charge on any atom is -0.450 e. The van der Waals surface area contributed by atoms with Crippen LogP contribution in [0.1, 0.15) is 40.6 Å². The van der Waals surface area contributed by atoms with E-state index in [4.69, 9.17) is 9.15 Å². The molecule has 0 radical (unpaired) electrons. The lowest BCUT2D eigenvalue weighted by atomic mass is 9.98. The zero-order chi connectivity index (χ0) is 19.3. The van der Waals surface area contributed by atoms with Gasteiger partial charge in [0, 0.05) is 17.6 Å². The van der Waals surface area contributed by atoms with Gasteiger partial charge in [0.25, 0.3) is 5.91 Å². The van der Waals surface area contributed by atoms with E-state index in [1.807, 2.05) is 24.3 Å². The van der Waals surface area contributed by atoms with Crippen molar-refractivity contribution in [2.75, 3.05) is 13.2 Å². The molecule has 0 saturated carbocycles. The first kappa shape index (κ1) is 17.6. The second kappa shape index (κ2) is 6.87. The number of halogens is 1. The molecule has 0 unspecified atom stereocenters. The van der Waals surface area contributed by atoms with E-state index in [9.17, 15) is 9.59 Å².